The van der Waals surface area contributed by atoms with Gasteiger partial charge in [0, 0.05) is 12.7 Å². The zero-order chi connectivity index (χ0) is 17.8. The predicted molar refractivity (Wildman–Crippen MR) is 94.8 cm³/mol. The lowest BCUT2D eigenvalue weighted by atomic mass is 10.1. The summed E-state index contributed by atoms with van der Waals surface area (Å²) in [5.74, 6) is 0.352. The van der Waals surface area contributed by atoms with Gasteiger partial charge in [-0.3, -0.25) is 9.20 Å². The number of pyridine rings is 1. The summed E-state index contributed by atoms with van der Waals surface area (Å²) in [7, 11) is 0. The Morgan fingerprint density at radius 1 is 1.28 bits per heavy atom. The second-order valence-electron chi connectivity index (χ2n) is 5.68. The Morgan fingerprint density at radius 3 is 2.76 bits per heavy atom. The normalized spacial score (nSPS) is 12.1. The molecule has 0 aliphatic carbocycles. The van der Waals surface area contributed by atoms with E-state index in [2.05, 4.69) is 10.3 Å². The molecule has 2 N–H and O–H groups in total. The summed E-state index contributed by atoms with van der Waals surface area (Å²) in [5, 5.41) is 13.0. The van der Waals surface area contributed by atoms with Crippen molar-refractivity contribution in [3.05, 3.63) is 65.6 Å². The number of aryl methyl sites for hydroxylation is 1. The number of hydrogen-bond acceptors (Lipinski definition) is 4. The number of imidazole rings is 1. The number of fused-ring (bicyclic) bond motifs is 1. The van der Waals surface area contributed by atoms with E-state index in [0.717, 1.165) is 5.56 Å². The smallest absolute Gasteiger partial charge is 0.270 e. The van der Waals surface area contributed by atoms with Gasteiger partial charge in [-0.25, -0.2) is 4.98 Å². The molecule has 1 atom stereocenters. The number of hydrogen-bond donors (Lipinski definition) is 2. The highest BCUT2D eigenvalue weighted by molar-refractivity contribution is 5.95. The largest absolute Gasteiger partial charge is 0.490 e. The maximum absolute atomic E-state index is 12.6. The topological polar surface area (TPSA) is 75.9 Å². The fourth-order valence-corrected chi connectivity index (χ4v) is 2.76. The van der Waals surface area contributed by atoms with Crippen molar-refractivity contribution in [1.29, 1.82) is 0 Å². The highest BCUT2D eigenvalue weighted by Crippen LogP contribution is 2.22. The van der Waals surface area contributed by atoms with Gasteiger partial charge in [0.2, 0.25) is 0 Å². The first-order chi connectivity index (χ1) is 12.1. The van der Waals surface area contributed by atoms with Gasteiger partial charge in [-0.1, -0.05) is 30.3 Å². The standard InChI is InChI=1S/C19H21N3O3/c1-3-25-16-10-7-11-22-17(13(2)21-18(16)22)19(24)20-12-15(23)14-8-5-4-6-9-14/h4-11,15,23H,3,12H2,1-2H3,(H,20,24)/t15-/m0/s1. The number of benzene rings is 1. The highest BCUT2D eigenvalue weighted by Gasteiger charge is 2.19. The van der Waals surface area contributed by atoms with E-state index in [4.69, 9.17) is 4.74 Å². The van der Waals surface area contributed by atoms with Crippen molar-refractivity contribution in [3.63, 3.8) is 0 Å². The van der Waals surface area contributed by atoms with E-state index in [0.29, 0.717) is 29.4 Å². The van der Waals surface area contributed by atoms with Crippen LogP contribution in [0.4, 0.5) is 0 Å². The van der Waals surface area contributed by atoms with Crippen LogP contribution in [0.3, 0.4) is 0 Å². The summed E-state index contributed by atoms with van der Waals surface area (Å²) in [6.45, 7) is 4.33. The molecule has 0 saturated carbocycles. The lowest BCUT2D eigenvalue weighted by Gasteiger charge is -2.12. The number of amides is 1. The number of carbonyl (C=O) groups excluding carboxylic acids is 1. The van der Waals surface area contributed by atoms with Crippen molar-refractivity contribution in [2.75, 3.05) is 13.2 Å². The third-order valence-corrected chi connectivity index (χ3v) is 3.94. The summed E-state index contributed by atoms with van der Waals surface area (Å²) in [5.41, 5.74) is 2.42. The molecular weight excluding hydrogens is 318 g/mol. The van der Waals surface area contributed by atoms with Gasteiger partial charge in [-0.05, 0) is 31.5 Å². The van der Waals surface area contributed by atoms with Crippen molar-refractivity contribution in [1.82, 2.24) is 14.7 Å². The number of ether oxygens (including phenoxy) is 1. The van der Waals surface area contributed by atoms with E-state index in [9.17, 15) is 9.90 Å². The molecule has 0 saturated heterocycles. The third-order valence-electron chi connectivity index (χ3n) is 3.94. The molecule has 130 valence electrons. The van der Waals surface area contributed by atoms with Crippen molar-refractivity contribution in [3.8, 4) is 5.75 Å². The molecule has 0 spiro atoms. The molecule has 3 aromatic rings. The van der Waals surface area contributed by atoms with Gasteiger partial charge in [-0.2, -0.15) is 0 Å². The summed E-state index contributed by atoms with van der Waals surface area (Å²) in [6, 6.07) is 12.9. The lowest BCUT2D eigenvalue weighted by Crippen LogP contribution is -2.29. The minimum Gasteiger partial charge on any atom is -0.490 e. The number of aliphatic hydroxyl groups is 1. The summed E-state index contributed by atoms with van der Waals surface area (Å²) < 4.78 is 7.28. The van der Waals surface area contributed by atoms with Crippen LogP contribution in [0.15, 0.2) is 48.7 Å². The monoisotopic (exact) mass is 339 g/mol. The van der Waals surface area contributed by atoms with E-state index in [-0.39, 0.29) is 12.5 Å². The lowest BCUT2D eigenvalue weighted by molar-refractivity contribution is 0.0910. The predicted octanol–water partition coefficient (Wildman–Crippen LogP) is 2.50. The second-order valence-corrected chi connectivity index (χ2v) is 5.68. The van der Waals surface area contributed by atoms with Crippen LogP contribution in [0.25, 0.3) is 5.65 Å². The molecule has 0 aliphatic rings. The number of nitrogens with one attached hydrogen (secondary N) is 1. The number of aliphatic hydroxyl groups excluding tert-OH is 1. The van der Waals surface area contributed by atoms with E-state index in [1.165, 1.54) is 0 Å². The van der Waals surface area contributed by atoms with Crippen LogP contribution in [-0.4, -0.2) is 33.6 Å². The fraction of sp³-hybridized carbons (Fsp3) is 0.263. The molecule has 6 heteroatoms. The molecule has 1 aromatic carbocycles. The molecule has 0 fully saturated rings. The van der Waals surface area contributed by atoms with Crippen molar-refractivity contribution >= 4 is 11.6 Å². The minimum absolute atomic E-state index is 0.126. The Balaban J connectivity index is 1.80. The van der Waals surface area contributed by atoms with Crippen molar-refractivity contribution < 1.29 is 14.6 Å². The van der Waals surface area contributed by atoms with Gasteiger partial charge in [0.25, 0.3) is 5.91 Å². The number of aromatic nitrogens is 2. The SMILES string of the molecule is CCOc1cccn2c(C(=O)NC[C@H](O)c3ccccc3)c(C)nc12. The molecule has 6 nitrogen and oxygen atoms in total. The number of carbonyl (C=O) groups is 1. The Morgan fingerprint density at radius 2 is 2.04 bits per heavy atom. The van der Waals surface area contributed by atoms with Gasteiger partial charge in [0.05, 0.1) is 18.4 Å². The van der Waals surface area contributed by atoms with Gasteiger partial charge in [0.15, 0.2) is 11.4 Å². The maximum atomic E-state index is 12.6. The van der Waals surface area contributed by atoms with Crippen LogP contribution < -0.4 is 10.1 Å². The van der Waals surface area contributed by atoms with Crippen LogP contribution in [0.1, 0.15) is 34.8 Å². The number of nitrogens with zero attached hydrogens (tertiary/aromatic N) is 2. The molecule has 1 amide bonds. The van der Waals surface area contributed by atoms with Crippen LogP contribution in [0, 0.1) is 6.92 Å². The Bertz CT molecular complexity index is 874. The maximum Gasteiger partial charge on any atom is 0.270 e. The first-order valence-corrected chi connectivity index (χ1v) is 8.23. The first-order valence-electron chi connectivity index (χ1n) is 8.23. The molecular formula is C19H21N3O3. The summed E-state index contributed by atoms with van der Waals surface area (Å²) in [6.07, 6.45) is 1.02. The van der Waals surface area contributed by atoms with Gasteiger partial charge >= 0.3 is 0 Å². The molecule has 3 rings (SSSR count). The van der Waals surface area contributed by atoms with Gasteiger partial charge < -0.3 is 15.2 Å². The molecule has 2 aromatic heterocycles. The van der Waals surface area contributed by atoms with E-state index >= 15 is 0 Å². The van der Waals surface area contributed by atoms with Gasteiger partial charge in [0.1, 0.15) is 5.69 Å². The third kappa shape index (κ3) is 3.49. The van der Waals surface area contributed by atoms with Crippen molar-refractivity contribution in [2.45, 2.75) is 20.0 Å². The van der Waals surface area contributed by atoms with Crippen LogP contribution in [0.5, 0.6) is 5.75 Å². The number of rotatable bonds is 6. The zero-order valence-electron chi connectivity index (χ0n) is 14.3. The van der Waals surface area contributed by atoms with E-state index in [1.54, 1.807) is 17.5 Å². The van der Waals surface area contributed by atoms with Crippen molar-refractivity contribution in [2.24, 2.45) is 0 Å². The van der Waals surface area contributed by atoms with E-state index < -0.39 is 6.10 Å². The fourth-order valence-electron chi connectivity index (χ4n) is 2.76. The van der Waals surface area contributed by atoms with Gasteiger partial charge in [-0.15, -0.1) is 0 Å². The van der Waals surface area contributed by atoms with Crippen LogP contribution >= 0.6 is 0 Å². The average Bonchev–Trinajstić information content (AvgIpc) is 2.97. The quantitative estimate of drug-likeness (QED) is 0.723. The summed E-state index contributed by atoms with van der Waals surface area (Å²) in [4.78, 5) is 17.1. The highest BCUT2D eigenvalue weighted by atomic mass is 16.5. The molecule has 25 heavy (non-hydrogen) atoms. The average molecular weight is 339 g/mol. The molecule has 0 radical (unpaired) electrons. The van der Waals surface area contributed by atoms with Crippen LogP contribution in [-0.2, 0) is 0 Å². The Labute approximate surface area is 146 Å². The Kier molecular flexibility index (Phi) is 5.00. The molecule has 0 bridgehead atoms. The molecule has 0 unspecified atom stereocenters. The Hall–Kier alpha value is -2.86. The zero-order valence-corrected chi connectivity index (χ0v) is 14.3. The second kappa shape index (κ2) is 7.36. The first kappa shape index (κ1) is 17.0. The summed E-state index contributed by atoms with van der Waals surface area (Å²) >= 11 is 0. The molecule has 2 heterocycles. The molecule has 0 aliphatic heterocycles. The van der Waals surface area contributed by atoms with Crippen LogP contribution in [0.2, 0.25) is 0 Å². The minimum atomic E-state index is -0.761. The van der Waals surface area contributed by atoms with E-state index in [1.807, 2.05) is 49.4 Å².